The van der Waals surface area contributed by atoms with Crippen LogP contribution in [0.15, 0.2) is 42.6 Å². The highest BCUT2D eigenvalue weighted by Crippen LogP contribution is 2.43. The number of aromatic nitrogens is 2. The van der Waals surface area contributed by atoms with Crippen molar-refractivity contribution in [1.82, 2.24) is 10.2 Å². The molecule has 1 aromatic heterocycles. The molecule has 0 bridgehead atoms. The Morgan fingerprint density at radius 1 is 1.17 bits per heavy atom. The molecule has 0 spiro atoms. The molecule has 3 N–H and O–H groups in total. The molecule has 0 aliphatic carbocycles. The first-order chi connectivity index (χ1) is 14.0. The van der Waals surface area contributed by atoms with Crippen molar-refractivity contribution in [2.75, 3.05) is 19.0 Å². The van der Waals surface area contributed by atoms with Crippen molar-refractivity contribution in [2.24, 2.45) is 0 Å². The fourth-order valence-electron chi connectivity index (χ4n) is 3.68. The van der Waals surface area contributed by atoms with E-state index in [-0.39, 0.29) is 5.75 Å². The number of benzene rings is 2. The second kappa shape index (κ2) is 7.79. The van der Waals surface area contributed by atoms with Gasteiger partial charge < -0.3 is 15.2 Å². The number of alkyl halides is 3. The zero-order valence-electron chi connectivity index (χ0n) is 16.8. The number of fused-ring (bicyclic) bond motifs is 1. The normalized spacial score (nSPS) is 14.5. The summed E-state index contributed by atoms with van der Waals surface area (Å²) in [5.41, 5.74) is -2.78. The first-order valence-corrected chi connectivity index (χ1v) is 9.26. The third kappa shape index (κ3) is 4.21. The second-order valence-corrected chi connectivity index (χ2v) is 7.92. The summed E-state index contributed by atoms with van der Waals surface area (Å²) in [5, 5.41) is 20.7. The lowest BCUT2D eigenvalue weighted by Gasteiger charge is -2.38. The topological polar surface area (TPSA) is 70.2 Å². The van der Waals surface area contributed by atoms with Gasteiger partial charge in [-0.2, -0.15) is 18.3 Å². The Hall–Kier alpha value is -2.81. The van der Waals surface area contributed by atoms with E-state index in [1.807, 2.05) is 0 Å². The number of nitrogens with one attached hydrogen (secondary N) is 2. The number of ether oxygens (including phenoxy) is 1. The molecule has 3 aromatic rings. The van der Waals surface area contributed by atoms with Crippen LogP contribution in [0.4, 0.5) is 23.2 Å². The molecule has 5 nitrogen and oxygen atoms in total. The van der Waals surface area contributed by atoms with E-state index in [1.54, 1.807) is 32.0 Å². The largest absolute Gasteiger partial charge is 0.496 e. The van der Waals surface area contributed by atoms with E-state index < -0.39 is 36.0 Å². The Balaban J connectivity index is 1.91. The second-order valence-electron chi connectivity index (χ2n) is 7.92. The van der Waals surface area contributed by atoms with Crippen LogP contribution in [0.25, 0.3) is 10.9 Å². The van der Waals surface area contributed by atoms with Gasteiger partial charge in [0.05, 0.1) is 25.4 Å². The number of nitrogens with zero attached hydrogens (tertiary/aromatic N) is 1. The average molecular weight is 425 g/mol. The van der Waals surface area contributed by atoms with Gasteiger partial charge in [0.25, 0.3) is 0 Å². The first kappa shape index (κ1) is 21.9. The van der Waals surface area contributed by atoms with Gasteiger partial charge in [-0.05, 0) is 30.0 Å². The van der Waals surface area contributed by atoms with Crippen LogP contribution in [-0.4, -0.2) is 40.7 Å². The molecule has 1 unspecified atom stereocenters. The fourth-order valence-corrected chi connectivity index (χ4v) is 3.68. The van der Waals surface area contributed by atoms with Crippen molar-refractivity contribution in [1.29, 1.82) is 0 Å². The summed E-state index contributed by atoms with van der Waals surface area (Å²) >= 11 is 0. The van der Waals surface area contributed by atoms with Crippen LogP contribution in [0.3, 0.4) is 0 Å². The molecule has 0 radical (unpaired) electrons. The Labute approximate surface area is 171 Å². The van der Waals surface area contributed by atoms with E-state index >= 15 is 0 Å². The summed E-state index contributed by atoms with van der Waals surface area (Å²) < 4.78 is 60.5. The number of aliphatic hydroxyl groups is 1. The van der Waals surface area contributed by atoms with Crippen LogP contribution in [0, 0.1) is 5.82 Å². The standard InChI is InChI=1S/C21H23F4N3O2/c1-19(2,15-8-7-13(22)9-18(15)30-3)11-20(29,21(23,24)25)12-26-16-5-4-6-17-14(16)10-27-28-17/h4-10,26,29H,11-12H2,1-3H3,(H,27,28). The Bertz CT molecular complexity index is 1030. The molecule has 1 atom stereocenters. The van der Waals surface area contributed by atoms with Crippen molar-refractivity contribution >= 4 is 16.6 Å². The number of H-pyrrole nitrogens is 1. The van der Waals surface area contributed by atoms with Gasteiger partial charge in [0.15, 0.2) is 5.60 Å². The van der Waals surface area contributed by atoms with Gasteiger partial charge in [-0.1, -0.05) is 26.0 Å². The van der Waals surface area contributed by atoms with Crippen LogP contribution in [0.1, 0.15) is 25.8 Å². The van der Waals surface area contributed by atoms with Gasteiger partial charge in [-0.3, -0.25) is 5.10 Å². The SMILES string of the molecule is COc1cc(F)ccc1C(C)(C)CC(O)(CNc1cccc2[nH]ncc12)C(F)(F)F. The minimum Gasteiger partial charge on any atom is -0.496 e. The summed E-state index contributed by atoms with van der Waals surface area (Å²) in [6.45, 7) is 2.33. The summed E-state index contributed by atoms with van der Waals surface area (Å²) in [6, 6.07) is 8.68. The fraction of sp³-hybridized carbons (Fsp3) is 0.381. The molecule has 2 aromatic carbocycles. The maximum absolute atomic E-state index is 14.0. The molecule has 9 heteroatoms. The lowest BCUT2D eigenvalue weighted by Crippen LogP contribution is -2.53. The van der Waals surface area contributed by atoms with Crippen molar-refractivity contribution in [3.8, 4) is 5.75 Å². The molecule has 0 saturated heterocycles. The summed E-state index contributed by atoms with van der Waals surface area (Å²) in [7, 11) is 1.32. The average Bonchev–Trinajstić information content (AvgIpc) is 3.14. The van der Waals surface area contributed by atoms with Gasteiger partial charge in [-0.15, -0.1) is 0 Å². The number of rotatable bonds is 7. The highest BCUT2D eigenvalue weighted by molar-refractivity contribution is 5.90. The third-order valence-electron chi connectivity index (χ3n) is 5.21. The molecular formula is C21H23F4N3O2. The Morgan fingerprint density at radius 2 is 1.90 bits per heavy atom. The predicted molar refractivity (Wildman–Crippen MR) is 106 cm³/mol. The highest BCUT2D eigenvalue weighted by Gasteiger charge is 2.56. The van der Waals surface area contributed by atoms with Crippen molar-refractivity contribution in [3.63, 3.8) is 0 Å². The highest BCUT2D eigenvalue weighted by atomic mass is 19.4. The number of hydrogen-bond acceptors (Lipinski definition) is 4. The maximum atomic E-state index is 14.0. The number of hydrogen-bond donors (Lipinski definition) is 3. The van der Waals surface area contributed by atoms with Crippen LogP contribution >= 0.6 is 0 Å². The van der Waals surface area contributed by atoms with Crippen LogP contribution in [0.2, 0.25) is 0 Å². The number of halogens is 4. The quantitative estimate of drug-likeness (QED) is 0.477. The molecule has 0 aliphatic heterocycles. The molecule has 0 saturated carbocycles. The van der Waals surface area contributed by atoms with E-state index in [0.717, 1.165) is 12.1 Å². The van der Waals surface area contributed by atoms with Crippen molar-refractivity contribution in [2.45, 2.75) is 37.5 Å². The van der Waals surface area contributed by atoms with Crippen molar-refractivity contribution < 1.29 is 27.4 Å². The van der Waals surface area contributed by atoms with Crippen LogP contribution in [-0.2, 0) is 5.41 Å². The Morgan fingerprint density at radius 3 is 2.57 bits per heavy atom. The van der Waals surface area contributed by atoms with E-state index in [2.05, 4.69) is 15.5 Å². The first-order valence-electron chi connectivity index (χ1n) is 9.26. The minimum absolute atomic E-state index is 0.126. The number of aromatic amines is 1. The molecule has 1 heterocycles. The lowest BCUT2D eigenvalue weighted by molar-refractivity contribution is -0.260. The molecular weight excluding hydrogens is 402 g/mol. The summed E-state index contributed by atoms with van der Waals surface area (Å²) in [4.78, 5) is 0. The molecule has 0 amide bonds. The monoisotopic (exact) mass is 425 g/mol. The molecule has 162 valence electrons. The van der Waals surface area contributed by atoms with Gasteiger partial charge in [0, 0.05) is 22.7 Å². The van der Waals surface area contributed by atoms with Gasteiger partial charge >= 0.3 is 6.18 Å². The smallest absolute Gasteiger partial charge is 0.418 e. The van der Waals surface area contributed by atoms with E-state index in [4.69, 9.17) is 4.74 Å². The van der Waals surface area contributed by atoms with E-state index in [9.17, 15) is 22.7 Å². The summed E-state index contributed by atoms with van der Waals surface area (Å²) in [6.07, 6.45) is -4.08. The maximum Gasteiger partial charge on any atom is 0.418 e. The number of anilines is 1. The predicted octanol–water partition coefficient (Wildman–Crippen LogP) is 4.78. The molecule has 30 heavy (non-hydrogen) atoms. The summed E-state index contributed by atoms with van der Waals surface area (Å²) in [5.74, 6) is -0.437. The third-order valence-corrected chi connectivity index (χ3v) is 5.21. The van der Waals surface area contributed by atoms with Gasteiger partial charge in [0.1, 0.15) is 11.6 Å². The van der Waals surface area contributed by atoms with Crippen LogP contribution in [0.5, 0.6) is 5.75 Å². The molecule has 0 fully saturated rings. The zero-order chi connectivity index (χ0) is 22.2. The minimum atomic E-state index is -4.91. The molecule has 0 aliphatic rings. The van der Waals surface area contributed by atoms with Crippen LogP contribution < -0.4 is 10.1 Å². The van der Waals surface area contributed by atoms with E-state index in [1.165, 1.54) is 19.4 Å². The Kier molecular flexibility index (Phi) is 5.68. The lowest BCUT2D eigenvalue weighted by atomic mass is 9.74. The van der Waals surface area contributed by atoms with Gasteiger partial charge in [0.2, 0.25) is 0 Å². The van der Waals surface area contributed by atoms with Crippen molar-refractivity contribution in [3.05, 3.63) is 54.0 Å². The number of methoxy groups -OCH3 is 1. The zero-order valence-corrected chi connectivity index (χ0v) is 16.8. The van der Waals surface area contributed by atoms with Gasteiger partial charge in [-0.25, -0.2) is 4.39 Å². The molecule has 3 rings (SSSR count). The van der Waals surface area contributed by atoms with E-state index in [0.29, 0.717) is 22.2 Å².